The topological polar surface area (TPSA) is 56.2 Å². The van der Waals surface area contributed by atoms with Crippen LogP contribution in [-0.2, 0) is 6.42 Å². The number of hydrogen-bond acceptors (Lipinski definition) is 3. The molecule has 13 heavy (non-hydrogen) atoms. The Morgan fingerprint density at radius 2 is 2.31 bits per heavy atom. The predicted molar refractivity (Wildman–Crippen MR) is 51.5 cm³/mol. The monoisotopic (exact) mass is 176 g/mol. The number of rotatable bonds is 1. The Morgan fingerprint density at radius 3 is 3.00 bits per heavy atom. The van der Waals surface area contributed by atoms with Crippen LogP contribution in [0.25, 0.3) is 5.52 Å². The lowest BCUT2D eigenvalue weighted by molar-refractivity contribution is 1.01. The average molecular weight is 176 g/mol. The molecule has 0 spiro atoms. The summed E-state index contributed by atoms with van der Waals surface area (Å²) in [6, 6.07) is 0. The molecular formula is C9H12N4. The molecule has 0 amide bonds. The van der Waals surface area contributed by atoms with Gasteiger partial charge in [0.2, 0.25) is 0 Å². The number of nitrogens with zero attached hydrogens (tertiary/aromatic N) is 3. The summed E-state index contributed by atoms with van der Waals surface area (Å²) < 4.78 is 1.97. The standard InChI is InChI=1S/C9H12N4/c1-3-7-8-9(10)11-4-5-13(8)6(2)12-7/h4-5H,3H2,1-2H3,(H2,10,11). The lowest BCUT2D eigenvalue weighted by atomic mass is 10.3. The number of nitrogen functional groups attached to an aromatic ring is 1. The molecule has 2 aromatic heterocycles. The normalized spacial score (nSPS) is 10.9. The molecule has 4 nitrogen and oxygen atoms in total. The third kappa shape index (κ3) is 1.06. The van der Waals surface area contributed by atoms with E-state index in [0.717, 1.165) is 23.5 Å². The fourth-order valence-corrected chi connectivity index (χ4v) is 1.54. The first kappa shape index (κ1) is 8.04. The molecule has 2 heterocycles. The minimum atomic E-state index is 0.556. The summed E-state index contributed by atoms with van der Waals surface area (Å²) >= 11 is 0. The van der Waals surface area contributed by atoms with E-state index < -0.39 is 0 Å². The highest BCUT2D eigenvalue weighted by atomic mass is 15.1. The maximum absolute atomic E-state index is 5.77. The van der Waals surface area contributed by atoms with Gasteiger partial charge < -0.3 is 5.73 Å². The quantitative estimate of drug-likeness (QED) is 0.709. The molecule has 0 atom stereocenters. The Balaban J connectivity index is 2.89. The second-order valence-electron chi connectivity index (χ2n) is 2.99. The van der Waals surface area contributed by atoms with Crippen molar-refractivity contribution in [1.82, 2.24) is 14.4 Å². The molecule has 2 N–H and O–H groups in total. The Labute approximate surface area is 76.4 Å². The smallest absolute Gasteiger partial charge is 0.149 e. The molecule has 0 aromatic carbocycles. The zero-order chi connectivity index (χ0) is 9.42. The number of aryl methyl sites for hydroxylation is 2. The highest BCUT2D eigenvalue weighted by Crippen LogP contribution is 2.17. The van der Waals surface area contributed by atoms with Crippen LogP contribution in [0.15, 0.2) is 12.4 Å². The summed E-state index contributed by atoms with van der Waals surface area (Å²) in [5, 5.41) is 0. The van der Waals surface area contributed by atoms with E-state index in [1.54, 1.807) is 6.20 Å². The van der Waals surface area contributed by atoms with Crippen LogP contribution in [-0.4, -0.2) is 14.4 Å². The number of aromatic nitrogens is 3. The second kappa shape index (κ2) is 2.73. The molecule has 0 saturated heterocycles. The second-order valence-corrected chi connectivity index (χ2v) is 2.99. The molecule has 0 fully saturated rings. The summed E-state index contributed by atoms with van der Waals surface area (Å²) in [4.78, 5) is 8.46. The molecule has 0 radical (unpaired) electrons. The van der Waals surface area contributed by atoms with E-state index in [0.29, 0.717) is 5.82 Å². The number of hydrogen-bond donors (Lipinski definition) is 1. The van der Waals surface area contributed by atoms with E-state index in [1.807, 2.05) is 17.5 Å². The molecule has 0 unspecified atom stereocenters. The van der Waals surface area contributed by atoms with Crippen molar-refractivity contribution in [2.45, 2.75) is 20.3 Å². The summed E-state index contributed by atoms with van der Waals surface area (Å²) in [7, 11) is 0. The fraction of sp³-hybridized carbons (Fsp3) is 0.333. The average Bonchev–Trinajstić information content (AvgIpc) is 2.45. The van der Waals surface area contributed by atoms with E-state index in [9.17, 15) is 0 Å². The van der Waals surface area contributed by atoms with Crippen molar-refractivity contribution in [3.8, 4) is 0 Å². The molecule has 68 valence electrons. The van der Waals surface area contributed by atoms with Crippen LogP contribution in [0.1, 0.15) is 18.4 Å². The lowest BCUT2D eigenvalue weighted by Crippen LogP contribution is -1.96. The van der Waals surface area contributed by atoms with Gasteiger partial charge in [-0.15, -0.1) is 0 Å². The van der Waals surface area contributed by atoms with Crippen LogP contribution in [0.4, 0.5) is 5.82 Å². The lowest BCUT2D eigenvalue weighted by Gasteiger charge is -1.98. The Bertz CT molecular complexity index is 444. The molecule has 2 rings (SSSR count). The van der Waals surface area contributed by atoms with E-state index in [1.165, 1.54) is 0 Å². The van der Waals surface area contributed by atoms with Crippen LogP contribution in [0, 0.1) is 6.92 Å². The van der Waals surface area contributed by atoms with Crippen molar-refractivity contribution >= 4 is 11.3 Å². The van der Waals surface area contributed by atoms with Crippen LogP contribution in [0.5, 0.6) is 0 Å². The van der Waals surface area contributed by atoms with Crippen molar-refractivity contribution < 1.29 is 0 Å². The predicted octanol–water partition coefficient (Wildman–Crippen LogP) is 1.18. The van der Waals surface area contributed by atoms with Crippen molar-refractivity contribution in [3.05, 3.63) is 23.9 Å². The first-order chi connectivity index (χ1) is 6.24. The molecule has 4 heteroatoms. The van der Waals surface area contributed by atoms with Gasteiger partial charge in [0, 0.05) is 12.4 Å². The van der Waals surface area contributed by atoms with Gasteiger partial charge in [0.1, 0.15) is 17.2 Å². The van der Waals surface area contributed by atoms with E-state index in [2.05, 4.69) is 16.9 Å². The molecule has 0 bridgehead atoms. The number of nitrogens with two attached hydrogens (primary N) is 1. The highest BCUT2D eigenvalue weighted by molar-refractivity contribution is 5.68. The van der Waals surface area contributed by atoms with Gasteiger partial charge in [0.05, 0.1) is 5.69 Å². The largest absolute Gasteiger partial charge is 0.382 e. The fourth-order valence-electron chi connectivity index (χ4n) is 1.54. The number of fused-ring (bicyclic) bond motifs is 1. The van der Waals surface area contributed by atoms with Crippen LogP contribution in [0.3, 0.4) is 0 Å². The van der Waals surface area contributed by atoms with Crippen LogP contribution < -0.4 is 5.73 Å². The maximum Gasteiger partial charge on any atom is 0.149 e. The van der Waals surface area contributed by atoms with Crippen molar-refractivity contribution in [3.63, 3.8) is 0 Å². The summed E-state index contributed by atoms with van der Waals surface area (Å²) in [6.45, 7) is 4.03. The van der Waals surface area contributed by atoms with Gasteiger partial charge in [0.15, 0.2) is 0 Å². The highest BCUT2D eigenvalue weighted by Gasteiger charge is 2.08. The molecule has 0 saturated carbocycles. The van der Waals surface area contributed by atoms with Gasteiger partial charge in [-0.2, -0.15) is 0 Å². The Kier molecular flexibility index (Phi) is 1.69. The molecule has 2 aromatic rings. The first-order valence-electron chi connectivity index (χ1n) is 4.32. The minimum absolute atomic E-state index is 0.556. The third-order valence-corrected chi connectivity index (χ3v) is 2.17. The number of imidazole rings is 1. The Hall–Kier alpha value is -1.58. The summed E-state index contributed by atoms with van der Waals surface area (Å²) in [5.41, 5.74) is 7.74. The summed E-state index contributed by atoms with van der Waals surface area (Å²) in [6.07, 6.45) is 4.46. The SMILES string of the molecule is CCc1nc(C)n2ccnc(N)c12. The van der Waals surface area contributed by atoms with E-state index >= 15 is 0 Å². The van der Waals surface area contributed by atoms with Gasteiger partial charge in [-0.25, -0.2) is 9.97 Å². The molecular weight excluding hydrogens is 164 g/mol. The van der Waals surface area contributed by atoms with Crippen molar-refractivity contribution in [1.29, 1.82) is 0 Å². The van der Waals surface area contributed by atoms with Gasteiger partial charge in [-0.05, 0) is 13.3 Å². The molecule has 0 aliphatic carbocycles. The zero-order valence-corrected chi connectivity index (χ0v) is 7.78. The first-order valence-corrected chi connectivity index (χ1v) is 4.32. The van der Waals surface area contributed by atoms with Gasteiger partial charge in [-0.3, -0.25) is 4.40 Å². The van der Waals surface area contributed by atoms with E-state index in [4.69, 9.17) is 5.73 Å². The zero-order valence-electron chi connectivity index (χ0n) is 7.78. The van der Waals surface area contributed by atoms with Gasteiger partial charge >= 0.3 is 0 Å². The number of anilines is 1. The van der Waals surface area contributed by atoms with Gasteiger partial charge in [-0.1, -0.05) is 6.92 Å². The van der Waals surface area contributed by atoms with Crippen molar-refractivity contribution in [2.24, 2.45) is 0 Å². The van der Waals surface area contributed by atoms with E-state index in [-0.39, 0.29) is 0 Å². The van der Waals surface area contributed by atoms with Crippen LogP contribution >= 0.6 is 0 Å². The third-order valence-electron chi connectivity index (χ3n) is 2.17. The summed E-state index contributed by atoms with van der Waals surface area (Å²) in [5.74, 6) is 1.51. The molecule has 0 aliphatic heterocycles. The minimum Gasteiger partial charge on any atom is -0.382 e. The van der Waals surface area contributed by atoms with Gasteiger partial charge in [0.25, 0.3) is 0 Å². The van der Waals surface area contributed by atoms with Crippen molar-refractivity contribution in [2.75, 3.05) is 5.73 Å². The Morgan fingerprint density at radius 1 is 1.54 bits per heavy atom. The van der Waals surface area contributed by atoms with Crippen LogP contribution in [0.2, 0.25) is 0 Å². The molecule has 0 aliphatic rings. The maximum atomic E-state index is 5.77.